The van der Waals surface area contributed by atoms with Crippen molar-refractivity contribution in [3.63, 3.8) is 0 Å². The van der Waals surface area contributed by atoms with Gasteiger partial charge in [0.15, 0.2) is 0 Å². The molecule has 1 atom stereocenters. The summed E-state index contributed by atoms with van der Waals surface area (Å²) >= 11 is 0. The number of fused-ring (bicyclic) bond motifs is 3. The van der Waals surface area contributed by atoms with Crippen LogP contribution in [0.4, 0.5) is 5.69 Å². The SMILES string of the molecule is C1=CC(N(C2=CC=C(c3ccccc3)CC2)c2ccccc2)CC=C1C1(c2ccccc2)c2ccccc2-c2ccccc21. The van der Waals surface area contributed by atoms with Gasteiger partial charge in [0.25, 0.3) is 0 Å². The van der Waals surface area contributed by atoms with E-state index in [1.807, 2.05) is 0 Å². The summed E-state index contributed by atoms with van der Waals surface area (Å²) in [6, 6.07) is 51.0. The van der Waals surface area contributed by atoms with Crippen LogP contribution >= 0.6 is 0 Å². The standard InChI is InChI=1S/C43H35N/c1-4-14-32(15-5-1)33-24-28-37(29-25-33)44(36-18-8-3-9-19-36)38-30-26-35(27-31-38)43(34-16-6-2-7-17-34)41-22-12-10-20-39(41)40-21-11-13-23-42(40)43/h1-24,26-28,30,38H,25,29,31H2. The Morgan fingerprint density at radius 2 is 1.16 bits per heavy atom. The first-order chi connectivity index (χ1) is 21.8. The van der Waals surface area contributed by atoms with Gasteiger partial charge in [0.05, 0.1) is 11.5 Å². The molecule has 1 heteroatoms. The van der Waals surface area contributed by atoms with E-state index in [0.717, 1.165) is 19.3 Å². The Bertz CT molecular complexity index is 1880. The molecule has 0 saturated heterocycles. The third-order valence-corrected chi connectivity index (χ3v) is 9.62. The molecule has 212 valence electrons. The molecular formula is C43H35N. The molecule has 3 aliphatic carbocycles. The van der Waals surface area contributed by atoms with Crippen molar-refractivity contribution in [3.8, 4) is 11.1 Å². The normalized spacial score (nSPS) is 18.0. The zero-order valence-electron chi connectivity index (χ0n) is 24.8. The third kappa shape index (κ3) is 4.31. The molecule has 0 spiro atoms. The molecule has 0 heterocycles. The second-order valence-corrected chi connectivity index (χ2v) is 12.0. The average Bonchev–Trinajstić information content (AvgIpc) is 3.41. The van der Waals surface area contributed by atoms with Gasteiger partial charge in [-0.25, -0.2) is 0 Å². The Hall–Kier alpha value is -5.14. The average molecular weight is 566 g/mol. The van der Waals surface area contributed by atoms with Gasteiger partial charge in [0.2, 0.25) is 0 Å². The minimum Gasteiger partial charge on any atom is -0.338 e. The van der Waals surface area contributed by atoms with Crippen molar-refractivity contribution in [2.45, 2.75) is 30.7 Å². The van der Waals surface area contributed by atoms with E-state index in [4.69, 9.17) is 0 Å². The molecule has 0 fully saturated rings. The molecule has 3 aliphatic rings. The highest BCUT2D eigenvalue weighted by molar-refractivity contribution is 5.86. The maximum Gasteiger partial charge on any atom is 0.0710 e. The van der Waals surface area contributed by atoms with E-state index >= 15 is 0 Å². The molecular weight excluding hydrogens is 530 g/mol. The van der Waals surface area contributed by atoms with Crippen molar-refractivity contribution in [3.05, 3.63) is 203 Å². The molecule has 0 aromatic heterocycles. The van der Waals surface area contributed by atoms with Crippen LogP contribution in [0.1, 0.15) is 41.5 Å². The first-order valence-corrected chi connectivity index (χ1v) is 15.8. The van der Waals surface area contributed by atoms with Gasteiger partial charge in [-0.15, -0.1) is 0 Å². The summed E-state index contributed by atoms with van der Waals surface area (Å²) in [5.74, 6) is 0. The second-order valence-electron chi connectivity index (χ2n) is 12.0. The lowest BCUT2D eigenvalue weighted by Crippen LogP contribution is -2.36. The number of rotatable bonds is 6. The zero-order chi connectivity index (χ0) is 29.3. The number of hydrogen-bond acceptors (Lipinski definition) is 1. The van der Waals surface area contributed by atoms with Crippen molar-refractivity contribution >= 4 is 11.3 Å². The molecule has 0 saturated carbocycles. The van der Waals surface area contributed by atoms with Gasteiger partial charge in [0.1, 0.15) is 0 Å². The van der Waals surface area contributed by atoms with E-state index in [9.17, 15) is 0 Å². The van der Waals surface area contributed by atoms with E-state index in [-0.39, 0.29) is 11.5 Å². The van der Waals surface area contributed by atoms with Crippen LogP contribution < -0.4 is 4.90 Å². The summed E-state index contributed by atoms with van der Waals surface area (Å²) in [4.78, 5) is 2.56. The van der Waals surface area contributed by atoms with Crippen LogP contribution in [0.5, 0.6) is 0 Å². The highest BCUT2D eigenvalue weighted by Crippen LogP contribution is 2.57. The Kier molecular flexibility index (Phi) is 6.72. The second kappa shape index (κ2) is 11.2. The predicted molar refractivity (Wildman–Crippen MR) is 184 cm³/mol. The first kappa shape index (κ1) is 26.5. The molecule has 8 rings (SSSR count). The lowest BCUT2D eigenvalue weighted by atomic mass is 9.66. The first-order valence-electron chi connectivity index (χ1n) is 15.8. The Morgan fingerprint density at radius 1 is 0.568 bits per heavy atom. The summed E-state index contributed by atoms with van der Waals surface area (Å²) in [5, 5.41) is 0. The minimum atomic E-state index is -0.342. The van der Waals surface area contributed by atoms with Crippen molar-refractivity contribution in [2.24, 2.45) is 0 Å². The molecule has 0 amide bonds. The number of nitrogens with zero attached hydrogens (tertiary/aromatic N) is 1. The zero-order valence-corrected chi connectivity index (χ0v) is 24.8. The summed E-state index contributed by atoms with van der Waals surface area (Å²) in [6.07, 6.45) is 15.1. The van der Waals surface area contributed by atoms with Gasteiger partial charge in [-0.1, -0.05) is 152 Å². The fourth-order valence-corrected chi connectivity index (χ4v) is 7.67. The molecule has 1 nitrogen and oxygen atoms in total. The van der Waals surface area contributed by atoms with Gasteiger partial charge >= 0.3 is 0 Å². The van der Waals surface area contributed by atoms with Crippen LogP contribution in [0, 0.1) is 0 Å². The van der Waals surface area contributed by atoms with Crippen LogP contribution in [-0.2, 0) is 5.41 Å². The van der Waals surface area contributed by atoms with E-state index in [1.165, 1.54) is 55.9 Å². The van der Waals surface area contributed by atoms with Crippen molar-refractivity contribution < 1.29 is 0 Å². The third-order valence-electron chi connectivity index (χ3n) is 9.62. The Labute approximate surface area is 260 Å². The lowest BCUT2D eigenvalue weighted by Gasteiger charge is -2.39. The van der Waals surface area contributed by atoms with E-state index in [1.54, 1.807) is 0 Å². The molecule has 0 bridgehead atoms. The number of hydrogen-bond donors (Lipinski definition) is 0. The summed E-state index contributed by atoms with van der Waals surface area (Å²) in [6.45, 7) is 0. The van der Waals surface area contributed by atoms with Crippen LogP contribution in [-0.4, -0.2) is 6.04 Å². The van der Waals surface area contributed by atoms with Crippen molar-refractivity contribution in [2.75, 3.05) is 4.90 Å². The van der Waals surface area contributed by atoms with Crippen LogP contribution in [0.3, 0.4) is 0 Å². The maximum absolute atomic E-state index is 2.56. The smallest absolute Gasteiger partial charge is 0.0710 e. The van der Waals surface area contributed by atoms with Gasteiger partial charge in [0, 0.05) is 11.4 Å². The Balaban J connectivity index is 1.21. The summed E-state index contributed by atoms with van der Waals surface area (Å²) in [5.41, 5.74) is 13.1. The molecule has 0 aliphatic heterocycles. The van der Waals surface area contributed by atoms with Gasteiger partial charge in [-0.2, -0.15) is 0 Å². The summed E-state index contributed by atoms with van der Waals surface area (Å²) < 4.78 is 0. The van der Waals surface area contributed by atoms with Crippen molar-refractivity contribution in [1.82, 2.24) is 0 Å². The van der Waals surface area contributed by atoms with E-state index in [0.29, 0.717) is 0 Å². The monoisotopic (exact) mass is 565 g/mol. The predicted octanol–water partition coefficient (Wildman–Crippen LogP) is 10.5. The minimum absolute atomic E-state index is 0.235. The number of benzene rings is 5. The van der Waals surface area contributed by atoms with Crippen LogP contribution in [0.25, 0.3) is 16.7 Å². The van der Waals surface area contributed by atoms with Gasteiger partial charge in [-0.05, 0) is 82.0 Å². The quantitative estimate of drug-likeness (QED) is 0.198. The van der Waals surface area contributed by atoms with Crippen LogP contribution in [0.2, 0.25) is 0 Å². The number of para-hydroxylation sites is 1. The largest absolute Gasteiger partial charge is 0.338 e. The molecule has 44 heavy (non-hydrogen) atoms. The molecule has 0 radical (unpaired) electrons. The van der Waals surface area contributed by atoms with Gasteiger partial charge in [-0.3, -0.25) is 0 Å². The lowest BCUT2D eigenvalue weighted by molar-refractivity contribution is 0.693. The number of anilines is 1. The fraction of sp³-hybridized carbons (Fsp3) is 0.116. The highest BCUT2D eigenvalue weighted by atomic mass is 15.2. The topological polar surface area (TPSA) is 3.24 Å². The van der Waals surface area contributed by atoms with E-state index < -0.39 is 0 Å². The van der Waals surface area contributed by atoms with Gasteiger partial charge < -0.3 is 4.90 Å². The fourth-order valence-electron chi connectivity index (χ4n) is 7.67. The maximum atomic E-state index is 2.56. The molecule has 1 unspecified atom stereocenters. The molecule has 0 N–H and O–H groups in total. The van der Waals surface area contributed by atoms with E-state index in [2.05, 4.69) is 175 Å². The number of allylic oxidation sites excluding steroid dienone is 6. The molecule has 5 aromatic rings. The Morgan fingerprint density at radius 3 is 1.75 bits per heavy atom. The summed E-state index contributed by atoms with van der Waals surface area (Å²) in [7, 11) is 0. The van der Waals surface area contributed by atoms with Crippen molar-refractivity contribution in [1.29, 1.82) is 0 Å². The van der Waals surface area contributed by atoms with Crippen LogP contribution in [0.15, 0.2) is 181 Å². The molecule has 5 aromatic carbocycles. The highest BCUT2D eigenvalue weighted by Gasteiger charge is 2.47.